The molecule has 0 spiro atoms. The van der Waals surface area contributed by atoms with Crippen LogP contribution in [0.3, 0.4) is 0 Å². The molecule has 0 atom stereocenters. The molecule has 0 bridgehead atoms. The molecule has 0 unspecified atom stereocenters. The summed E-state index contributed by atoms with van der Waals surface area (Å²) in [5.74, 6) is -0.213. The van der Waals surface area contributed by atoms with Crippen LogP contribution < -0.4 is 21.5 Å². The van der Waals surface area contributed by atoms with E-state index >= 15 is 0 Å². The average Bonchev–Trinajstić information content (AvgIpc) is 2.67. The van der Waals surface area contributed by atoms with Gasteiger partial charge in [0.15, 0.2) is 15.6 Å². The Morgan fingerprint density at radius 3 is 2.52 bits per heavy atom. The van der Waals surface area contributed by atoms with E-state index in [1.54, 1.807) is 6.92 Å². The Balaban J connectivity index is 2.94. The van der Waals surface area contributed by atoms with Crippen LogP contribution in [0.25, 0.3) is 0 Å². The highest BCUT2D eigenvalue weighted by atomic mass is 32.2. The molecule has 0 radical (unpaired) electrons. The van der Waals surface area contributed by atoms with Crippen molar-refractivity contribution in [1.82, 2.24) is 0 Å². The summed E-state index contributed by atoms with van der Waals surface area (Å²) < 4.78 is 28.5. The van der Waals surface area contributed by atoms with Crippen LogP contribution in [0, 0.1) is 0 Å². The highest BCUT2D eigenvalue weighted by Crippen LogP contribution is 2.42. The highest BCUT2D eigenvalue weighted by Gasteiger charge is 2.21. The number of nitrogens with two attached hydrogens (primary N) is 2. The number of thiophene rings is 1. The Morgan fingerprint density at radius 1 is 1.43 bits per heavy atom. The predicted octanol–water partition coefficient (Wildman–Crippen LogP) is 1.06. The van der Waals surface area contributed by atoms with Crippen molar-refractivity contribution >= 4 is 37.8 Å². The first kappa shape index (κ1) is 17.6. The van der Waals surface area contributed by atoms with Crippen LogP contribution in [0.5, 0.6) is 5.75 Å². The molecule has 0 aliphatic carbocycles. The smallest absolute Gasteiger partial charge is 0.261 e. The summed E-state index contributed by atoms with van der Waals surface area (Å²) in [6, 6.07) is 0. The molecular formula is C12H21N3O4S2. The number of rotatable bonds is 8. The molecule has 1 heterocycles. The molecular weight excluding hydrogens is 314 g/mol. The Labute approximate surface area is 128 Å². The van der Waals surface area contributed by atoms with Gasteiger partial charge in [-0.25, -0.2) is 8.42 Å². The van der Waals surface area contributed by atoms with Crippen molar-refractivity contribution in [2.45, 2.75) is 26.9 Å². The number of nitrogens with one attached hydrogen (secondary N) is 1. The van der Waals surface area contributed by atoms with Gasteiger partial charge in [0.1, 0.15) is 15.6 Å². The number of carbonyl (C=O) groups is 1. The van der Waals surface area contributed by atoms with Gasteiger partial charge in [-0.1, -0.05) is 6.92 Å². The van der Waals surface area contributed by atoms with Gasteiger partial charge in [-0.3, -0.25) is 4.79 Å². The Morgan fingerprint density at radius 2 is 2.05 bits per heavy atom. The van der Waals surface area contributed by atoms with Crippen molar-refractivity contribution in [3.63, 3.8) is 0 Å². The van der Waals surface area contributed by atoms with Gasteiger partial charge >= 0.3 is 0 Å². The van der Waals surface area contributed by atoms with Crippen molar-refractivity contribution in [3.8, 4) is 5.75 Å². The number of hydrogen-bond donors (Lipinski definition) is 3. The third kappa shape index (κ3) is 4.78. The SMILES string of the molecule is CCS(=O)(=O)CCNc1sc(C(N)=O)c(N)c1OC(C)C. The maximum atomic E-state index is 11.5. The molecule has 0 aromatic carbocycles. The van der Waals surface area contributed by atoms with E-state index in [2.05, 4.69) is 5.32 Å². The first-order chi connectivity index (χ1) is 9.68. The molecule has 5 N–H and O–H groups in total. The van der Waals surface area contributed by atoms with Crippen LogP contribution in [-0.2, 0) is 9.84 Å². The van der Waals surface area contributed by atoms with Crippen molar-refractivity contribution in [2.75, 3.05) is 29.1 Å². The van der Waals surface area contributed by atoms with Gasteiger partial charge in [0.2, 0.25) is 0 Å². The largest absolute Gasteiger partial charge is 0.486 e. The fourth-order valence-corrected chi connectivity index (χ4v) is 3.18. The van der Waals surface area contributed by atoms with E-state index in [0.29, 0.717) is 10.8 Å². The van der Waals surface area contributed by atoms with Gasteiger partial charge in [0.25, 0.3) is 5.91 Å². The van der Waals surface area contributed by atoms with E-state index < -0.39 is 15.7 Å². The number of carbonyl (C=O) groups excluding carboxylic acids is 1. The summed E-state index contributed by atoms with van der Waals surface area (Å²) in [6.45, 7) is 5.46. The Hall–Kier alpha value is -1.48. The lowest BCUT2D eigenvalue weighted by atomic mass is 10.3. The van der Waals surface area contributed by atoms with Crippen molar-refractivity contribution < 1.29 is 17.9 Å². The second-order valence-corrected chi connectivity index (χ2v) is 8.19. The number of amides is 1. The second kappa shape index (κ2) is 6.99. The van der Waals surface area contributed by atoms with Gasteiger partial charge in [0, 0.05) is 12.3 Å². The lowest BCUT2D eigenvalue weighted by molar-refractivity contribution is 0.100. The molecule has 9 heteroatoms. The van der Waals surface area contributed by atoms with Gasteiger partial charge < -0.3 is 21.5 Å². The lowest BCUT2D eigenvalue weighted by Gasteiger charge is -2.12. The Bertz CT molecular complexity index is 608. The average molecular weight is 335 g/mol. The quantitative estimate of drug-likeness (QED) is 0.652. The molecule has 120 valence electrons. The minimum Gasteiger partial charge on any atom is -0.486 e. The third-order valence-electron chi connectivity index (χ3n) is 2.62. The fraction of sp³-hybridized carbons (Fsp3) is 0.583. The molecule has 0 fully saturated rings. The first-order valence-electron chi connectivity index (χ1n) is 6.51. The maximum Gasteiger partial charge on any atom is 0.261 e. The molecule has 7 nitrogen and oxygen atoms in total. The second-order valence-electron chi connectivity index (χ2n) is 4.70. The third-order valence-corrected chi connectivity index (χ3v) is 5.48. The summed E-state index contributed by atoms with van der Waals surface area (Å²) in [4.78, 5) is 11.5. The molecule has 21 heavy (non-hydrogen) atoms. The zero-order chi connectivity index (χ0) is 16.2. The molecule has 0 aliphatic rings. The van der Waals surface area contributed by atoms with E-state index in [4.69, 9.17) is 16.2 Å². The number of sulfone groups is 1. The first-order valence-corrected chi connectivity index (χ1v) is 9.14. The molecule has 0 aliphatic heterocycles. The minimum atomic E-state index is -3.07. The molecule has 0 saturated heterocycles. The standard InChI is InChI=1S/C12H21N3O4S2/c1-4-21(17,18)6-5-15-12-9(19-7(2)3)8(13)10(20-12)11(14)16/h7,15H,4-6,13H2,1-3H3,(H2,14,16). The van der Waals surface area contributed by atoms with E-state index in [-0.39, 0.29) is 34.7 Å². The summed E-state index contributed by atoms with van der Waals surface area (Å²) in [6.07, 6.45) is -0.137. The maximum absolute atomic E-state index is 11.5. The van der Waals surface area contributed by atoms with E-state index in [1.165, 1.54) is 0 Å². The zero-order valence-corrected chi connectivity index (χ0v) is 13.9. The van der Waals surface area contributed by atoms with Crippen molar-refractivity contribution in [3.05, 3.63) is 4.88 Å². The summed E-state index contributed by atoms with van der Waals surface area (Å²) >= 11 is 1.06. The molecule has 1 rings (SSSR count). The number of nitrogen functional groups attached to an aromatic ring is 1. The van der Waals surface area contributed by atoms with Crippen LogP contribution in [-0.4, -0.2) is 38.5 Å². The van der Waals surface area contributed by atoms with Crippen molar-refractivity contribution in [2.24, 2.45) is 5.73 Å². The van der Waals surface area contributed by atoms with Gasteiger partial charge in [0.05, 0.1) is 11.9 Å². The lowest BCUT2D eigenvalue weighted by Crippen LogP contribution is -2.17. The van der Waals surface area contributed by atoms with Crippen molar-refractivity contribution in [1.29, 1.82) is 0 Å². The van der Waals surface area contributed by atoms with Crippen LogP contribution in [0.15, 0.2) is 0 Å². The van der Waals surface area contributed by atoms with Gasteiger partial charge in [-0.05, 0) is 13.8 Å². The molecule has 1 aromatic heterocycles. The normalized spacial score (nSPS) is 11.6. The van der Waals surface area contributed by atoms with Gasteiger partial charge in [-0.2, -0.15) is 0 Å². The van der Waals surface area contributed by atoms with E-state index in [9.17, 15) is 13.2 Å². The monoisotopic (exact) mass is 335 g/mol. The summed E-state index contributed by atoms with van der Waals surface area (Å²) in [5.41, 5.74) is 11.3. The number of primary amides is 1. The topological polar surface area (TPSA) is 125 Å². The summed E-state index contributed by atoms with van der Waals surface area (Å²) in [7, 11) is -3.07. The highest BCUT2D eigenvalue weighted by molar-refractivity contribution is 7.91. The van der Waals surface area contributed by atoms with E-state index in [0.717, 1.165) is 11.3 Å². The van der Waals surface area contributed by atoms with Gasteiger partial charge in [-0.15, -0.1) is 11.3 Å². The molecule has 1 amide bonds. The minimum absolute atomic E-state index is 0.00563. The van der Waals surface area contributed by atoms with Crippen LogP contribution in [0.2, 0.25) is 0 Å². The van der Waals surface area contributed by atoms with Crippen LogP contribution >= 0.6 is 11.3 Å². The fourth-order valence-electron chi connectivity index (χ4n) is 1.55. The number of anilines is 2. The predicted molar refractivity (Wildman–Crippen MR) is 85.8 cm³/mol. The number of ether oxygens (including phenoxy) is 1. The molecule has 1 aromatic rings. The molecule has 0 saturated carbocycles. The summed E-state index contributed by atoms with van der Waals surface area (Å²) in [5, 5.41) is 3.47. The van der Waals surface area contributed by atoms with E-state index in [1.807, 2.05) is 13.8 Å². The zero-order valence-electron chi connectivity index (χ0n) is 12.3. The Kier molecular flexibility index (Phi) is 5.85. The number of hydrogen-bond acceptors (Lipinski definition) is 7. The van der Waals surface area contributed by atoms with Crippen LogP contribution in [0.4, 0.5) is 10.7 Å². The van der Waals surface area contributed by atoms with Crippen LogP contribution in [0.1, 0.15) is 30.4 Å².